The fourth-order valence-electron chi connectivity index (χ4n) is 2.72. The normalized spacial score (nSPS) is 11.1. The number of ketones is 1. The van der Waals surface area contributed by atoms with Gasteiger partial charge in [-0.2, -0.15) is 0 Å². The summed E-state index contributed by atoms with van der Waals surface area (Å²) in [5.41, 5.74) is 2.96. The molecule has 0 atom stereocenters. The Bertz CT molecular complexity index is 921. The number of aryl methyl sites for hydroxylation is 1. The molecule has 0 saturated heterocycles. The smallest absolute Gasteiger partial charge is 0.232 e. The number of rotatable bonds is 8. The molecular formula is C20H24N2O4S. The molecule has 0 fully saturated rings. The zero-order valence-electron chi connectivity index (χ0n) is 15.7. The zero-order chi connectivity index (χ0) is 20.0. The Morgan fingerprint density at radius 2 is 1.74 bits per heavy atom. The average molecular weight is 388 g/mol. The summed E-state index contributed by atoms with van der Waals surface area (Å²) in [6, 6.07) is 14.0. The van der Waals surface area contributed by atoms with Crippen LogP contribution in [0.1, 0.15) is 28.4 Å². The van der Waals surface area contributed by atoms with Crippen molar-refractivity contribution in [2.24, 2.45) is 0 Å². The Kier molecular flexibility index (Phi) is 6.74. The first-order valence-corrected chi connectivity index (χ1v) is 10.4. The summed E-state index contributed by atoms with van der Waals surface area (Å²) in [5, 5.41) is 2.75. The van der Waals surface area contributed by atoms with Gasteiger partial charge in [-0.1, -0.05) is 29.8 Å². The van der Waals surface area contributed by atoms with Gasteiger partial charge in [-0.05, 0) is 43.7 Å². The lowest BCUT2D eigenvalue weighted by Crippen LogP contribution is -2.38. The maximum Gasteiger partial charge on any atom is 0.232 e. The highest BCUT2D eigenvalue weighted by molar-refractivity contribution is 7.92. The number of anilines is 1. The van der Waals surface area contributed by atoms with Crippen molar-refractivity contribution in [2.75, 3.05) is 23.7 Å². The molecule has 0 heterocycles. The molecule has 6 nitrogen and oxygen atoms in total. The molecule has 0 aliphatic heterocycles. The number of nitrogens with one attached hydrogen (secondary N) is 1. The fraction of sp³-hybridized carbons (Fsp3) is 0.300. The average Bonchev–Trinajstić information content (AvgIpc) is 2.58. The lowest BCUT2D eigenvalue weighted by molar-refractivity contribution is -0.120. The minimum absolute atomic E-state index is 0.0872. The second-order valence-electron chi connectivity index (χ2n) is 6.45. The quantitative estimate of drug-likeness (QED) is 0.704. The van der Waals surface area contributed by atoms with Crippen molar-refractivity contribution in [2.45, 2.75) is 20.3 Å². The Morgan fingerprint density at radius 3 is 2.30 bits per heavy atom. The summed E-state index contributed by atoms with van der Waals surface area (Å²) >= 11 is 0. The highest BCUT2D eigenvalue weighted by Gasteiger charge is 2.17. The Morgan fingerprint density at radius 1 is 1.07 bits per heavy atom. The van der Waals surface area contributed by atoms with Crippen LogP contribution in [0.3, 0.4) is 0 Å². The van der Waals surface area contributed by atoms with E-state index in [2.05, 4.69) is 5.32 Å². The van der Waals surface area contributed by atoms with Gasteiger partial charge in [0.2, 0.25) is 15.9 Å². The Hall–Kier alpha value is -2.67. The minimum atomic E-state index is -3.52. The number of sulfonamides is 1. The molecule has 1 N–H and O–H groups in total. The minimum Gasteiger partial charge on any atom is -0.354 e. The van der Waals surface area contributed by atoms with Crippen LogP contribution in [0.15, 0.2) is 48.5 Å². The molecule has 27 heavy (non-hydrogen) atoms. The van der Waals surface area contributed by atoms with Crippen molar-refractivity contribution in [3.05, 3.63) is 65.2 Å². The molecule has 1 amide bonds. The molecule has 2 rings (SSSR count). The molecular weight excluding hydrogens is 364 g/mol. The predicted molar refractivity (Wildman–Crippen MR) is 107 cm³/mol. The molecule has 0 unspecified atom stereocenters. The van der Waals surface area contributed by atoms with Gasteiger partial charge in [-0.3, -0.25) is 13.9 Å². The second kappa shape index (κ2) is 8.81. The van der Waals surface area contributed by atoms with Crippen LogP contribution in [-0.2, 0) is 21.2 Å². The molecule has 7 heteroatoms. The van der Waals surface area contributed by atoms with Gasteiger partial charge in [0.05, 0.1) is 24.9 Å². The van der Waals surface area contributed by atoms with Gasteiger partial charge in [-0.15, -0.1) is 0 Å². The van der Waals surface area contributed by atoms with Gasteiger partial charge in [-0.25, -0.2) is 8.42 Å². The zero-order valence-corrected chi connectivity index (χ0v) is 16.5. The van der Waals surface area contributed by atoms with Crippen LogP contribution < -0.4 is 9.62 Å². The SMILES string of the molecule is CC(=O)c1ccc(N(CCNC(=O)Cc2cccc(C)c2)S(C)(=O)=O)cc1. The van der Waals surface area contributed by atoms with E-state index in [4.69, 9.17) is 0 Å². The van der Waals surface area contributed by atoms with Crippen molar-refractivity contribution in [3.63, 3.8) is 0 Å². The van der Waals surface area contributed by atoms with E-state index in [0.29, 0.717) is 11.3 Å². The van der Waals surface area contributed by atoms with Gasteiger partial charge in [0.1, 0.15) is 0 Å². The summed E-state index contributed by atoms with van der Waals surface area (Å²) in [5.74, 6) is -0.253. The van der Waals surface area contributed by atoms with E-state index in [9.17, 15) is 18.0 Å². The lowest BCUT2D eigenvalue weighted by atomic mass is 10.1. The van der Waals surface area contributed by atoms with Gasteiger partial charge in [0.25, 0.3) is 0 Å². The monoisotopic (exact) mass is 388 g/mol. The van der Waals surface area contributed by atoms with E-state index in [0.717, 1.165) is 17.4 Å². The first-order valence-electron chi connectivity index (χ1n) is 8.58. The Balaban J connectivity index is 1.98. The van der Waals surface area contributed by atoms with E-state index in [-0.39, 0.29) is 31.2 Å². The van der Waals surface area contributed by atoms with Crippen LogP contribution in [0.5, 0.6) is 0 Å². The number of carbonyl (C=O) groups excluding carboxylic acids is 2. The molecule has 2 aromatic rings. The standard InChI is InChI=1S/C20H24N2O4S/c1-15-5-4-6-17(13-15)14-20(24)21-11-12-22(27(3,25)26)19-9-7-18(8-10-19)16(2)23/h4-10,13H,11-12,14H2,1-3H3,(H,21,24). The highest BCUT2D eigenvalue weighted by atomic mass is 32.2. The molecule has 144 valence electrons. The van der Waals surface area contributed by atoms with Crippen LogP contribution >= 0.6 is 0 Å². The maximum absolute atomic E-state index is 12.1. The van der Waals surface area contributed by atoms with E-state index in [1.807, 2.05) is 31.2 Å². The highest BCUT2D eigenvalue weighted by Crippen LogP contribution is 2.18. The third kappa shape index (κ3) is 6.21. The largest absolute Gasteiger partial charge is 0.354 e. The second-order valence-corrected chi connectivity index (χ2v) is 8.36. The Labute approximate surface area is 160 Å². The first-order chi connectivity index (χ1) is 12.7. The van der Waals surface area contributed by atoms with Gasteiger partial charge in [0.15, 0.2) is 5.78 Å². The van der Waals surface area contributed by atoms with Crippen LogP contribution in [0, 0.1) is 6.92 Å². The van der Waals surface area contributed by atoms with Gasteiger partial charge in [0, 0.05) is 12.1 Å². The van der Waals surface area contributed by atoms with E-state index in [1.54, 1.807) is 24.3 Å². The molecule has 0 radical (unpaired) electrons. The van der Waals surface area contributed by atoms with Gasteiger partial charge >= 0.3 is 0 Å². The van der Waals surface area contributed by atoms with Crippen molar-refractivity contribution >= 4 is 27.4 Å². The first kappa shape index (κ1) is 20.6. The van der Waals surface area contributed by atoms with Gasteiger partial charge < -0.3 is 5.32 Å². The predicted octanol–water partition coefficient (Wildman–Crippen LogP) is 2.32. The summed E-state index contributed by atoms with van der Waals surface area (Å²) in [6.07, 6.45) is 1.36. The fourth-order valence-corrected chi connectivity index (χ4v) is 3.64. The number of carbonyl (C=O) groups is 2. The molecule has 0 bridgehead atoms. The van der Waals surface area contributed by atoms with Crippen molar-refractivity contribution < 1.29 is 18.0 Å². The maximum atomic E-state index is 12.1. The van der Waals surface area contributed by atoms with Crippen molar-refractivity contribution in [1.82, 2.24) is 5.32 Å². The summed E-state index contributed by atoms with van der Waals surface area (Å²) in [6.45, 7) is 3.71. The molecule has 2 aromatic carbocycles. The van der Waals surface area contributed by atoms with E-state index < -0.39 is 10.0 Å². The number of amides is 1. The van der Waals surface area contributed by atoms with Crippen molar-refractivity contribution in [3.8, 4) is 0 Å². The summed E-state index contributed by atoms with van der Waals surface area (Å²) < 4.78 is 25.4. The number of hydrogen-bond donors (Lipinski definition) is 1. The van der Waals surface area contributed by atoms with Crippen LogP contribution in [0.2, 0.25) is 0 Å². The molecule has 0 saturated carbocycles. The number of benzene rings is 2. The van der Waals surface area contributed by atoms with Crippen LogP contribution in [-0.4, -0.2) is 39.5 Å². The molecule has 0 aliphatic rings. The van der Waals surface area contributed by atoms with E-state index >= 15 is 0 Å². The summed E-state index contributed by atoms with van der Waals surface area (Å²) in [7, 11) is -3.52. The van der Waals surface area contributed by atoms with Crippen molar-refractivity contribution in [1.29, 1.82) is 0 Å². The third-order valence-electron chi connectivity index (χ3n) is 4.05. The summed E-state index contributed by atoms with van der Waals surface area (Å²) in [4.78, 5) is 23.5. The third-order valence-corrected chi connectivity index (χ3v) is 5.24. The van der Waals surface area contributed by atoms with Crippen LogP contribution in [0.4, 0.5) is 5.69 Å². The van der Waals surface area contributed by atoms with E-state index in [1.165, 1.54) is 11.2 Å². The lowest BCUT2D eigenvalue weighted by Gasteiger charge is -2.22. The molecule has 0 spiro atoms. The number of nitrogens with zero attached hydrogens (tertiary/aromatic N) is 1. The van der Waals surface area contributed by atoms with Crippen LogP contribution in [0.25, 0.3) is 0 Å². The molecule has 0 aromatic heterocycles. The number of hydrogen-bond acceptors (Lipinski definition) is 4. The number of Topliss-reactive ketones (excluding diaryl/α,β-unsaturated/α-hetero) is 1. The topological polar surface area (TPSA) is 83.6 Å². The molecule has 0 aliphatic carbocycles.